The summed E-state index contributed by atoms with van der Waals surface area (Å²) in [6.07, 6.45) is 0. The van der Waals surface area contributed by atoms with Crippen LogP contribution in [0.25, 0.3) is 10.6 Å². The van der Waals surface area contributed by atoms with E-state index in [0.717, 1.165) is 28.3 Å². The number of rotatable bonds is 5. The van der Waals surface area contributed by atoms with Gasteiger partial charge < -0.3 is 5.32 Å². The van der Waals surface area contributed by atoms with Gasteiger partial charge in [0, 0.05) is 21.8 Å². The van der Waals surface area contributed by atoms with E-state index in [9.17, 15) is 0 Å². The van der Waals surface area contributed by atoms with E-state index >= 15 is 0 Å². The lowest BCUT2D eigenvalue weighted by Crippen LogP contribution is -2.18. The highest BCUT2D eigenvalue weighted by Crippen LogP contribution is 2.30. The number of thiazole rings is 1. The van der Waals surface area contributed by atoms with Crippen LogP contribution in [0.2, 0.25) is 0 Å². The van der Waals surface area contributed by atoms with Gasteiger partial charge in [0.25, 0.3) is 0 Å². The van der Waals surface area contributed by atoms with Crippen molar-refractivity contribution in [2.75, 3.05) is 6.54 Å². The third kappa shape index (κ3) is 3.88. The van der Waals surface area contributed by atoms with Crippen LogP contribution in [0.3, 0.4) is 0 Å². The summed E-state index contributed by atoms with van der Waals surface area (Å²) < 4.78 is 1.13. The lowest BCUT2D eigenvalue weighted by Gasteiger charge is -2.04. The van der Waals surface area contributed by atoms with Crippen molar-refractivity contribution in [2.45, 2.75) is 20.4 Å². The van der Waals surface area contributed by atoms with Gasteiger partial charge in [0.1, 0.15) is 5.01 Å². The van der Waals surface area contributed by atoms with Crippen molar-refractivity contribution < 1.29 is 0 Å². The number of nitrogens with one attached hydrogen (secondary N) is 1. The van der Waals surface area contributed by atoms with Crippen molar-refractivity contribution in [1.82, 2.24) is 10.3 Å². The third-order valence-electron chi connectivity index (χ3n) is 2.20. The second kappa shape index (κ2) is 6.09. The molecule has 2 heterocycles. The smallest absolute Gasteiger partial charge is 0.107 e. The highest BCUT2D eigenvalue weighted by atomic mass is 79.9. The van der Waals surface area contributed by atoms with E-state index in [1.807, 2.05) is 0 Å². The van der Waals surface area contributed by atoms with Gasteiger partial charge in [0.05, 0.1) is 10.6 Å². The first-order chi connectivity index (χ1) is 8.15. The number of nitrogens with zero attached hydrogens (tertiary/aromatic N) is 1. The number of thiophene rings is 1. The van der Waals surface area contributed by atoms with Gasteiger partial charge in [-0.15, -0.1) is 22.7 Å². The molecule has 2 aromatic rings. The summed E-state index contributed by atoms with van der Waals surface area (Å²) in [6, 6.07) is 2.12. The molecule has 0 aromatic carbocycles. The summed E-state index contributed by atoms with van der Waals surface area (Å²) in [5.41, 5.74) is 1.09. The van der Waals surface area contributed by atoms with Gasteiger partial charge in [-0.2, -0.15) is 0 Å². The average molecular weight is 331 g/mol. The van der Waals surface area contributed by atoms with E-state index < -0.39 is 0 Å². The van der Waals surface area contributed by atoms with E-state index in [0.29, 0.717) is 5.92 Å². The van der Waals surface area contributed by atoms with Crippen LogP contribution >= 0.6 is 38.6 Å². The van der Waals surface area contributed by atoms with Gasteiger partial charge in [-0.25, -0.2) is 4.98 Å². The monoisotopic (exact) mass is 330 g/mol. The molecule has 2 rings (SSSR count). The fraction of sp³-hybridized carbons (Fsp3) is 0.417. The van der Waals surface area contributed by atoms with Crippen molar-refractivity contribution in [1.29, 1.82) is 0 Å². The zero-order valence-corrected chi connectivity index (χ0v) is 13.1. The maximum absolute atomic E-state index is 4.64. The summed E-state index contributed by atoms with van der Waals surface area (Å²) >= 11 is 6.91. The molecule has 0 bridgehead atoms. The summed E-state index contributed by atoms with van der Waals surface area (Å²) in [5.74, 6) is 0.683. The first-order valence-electron chi connectivity index (χ1n) is 5.54. The van der Waals surface area contributed by atoms with E-state index in [1.54, 1.807) is 22.7 Å². The normalized spacial score (nSPS) is 11.3. The molecule has 0 aliphatic carbocycles. The van der Waals surface area contributed by atoms with Crippen LogP contribution in [0.1, 0.15) is 18.9 Å². The van der Waals surface area contributed by atoms with Crippen molar-refractivity contribution in [2.24, 2.45) is 5.92 Å². The van der Waals surface area contributed by atoms with E-state index in [1.165, 1.54) is 4.88 Å². The molecule has 0 aliphatic heterocycles. The second-order valence-corrected chi connectivity index (χ2v) is 7.05. The molecule has 2 nitrogen and oxygen atoms in total. The number of aromatic nitrogens is 1. The minimum Gasteiger partial charge on any atom is -0.310 e. The van der Waals surface area contributed by atoms with Crippen LogP contribution in [0.4, 0.5) is 0 Å². The predicted molar refractivity (Wildman–Crippen MR) is 79.7 cm³/mol. The Balaban J connectivity index is 1.96. The fourth-order valence-electron chi connectivity index (χ4n) is 1.42. The molecule has 0 amide bonds. The predicted octanol–water partition coefficient (Wildman–Crippen LogP) is 4.38. The number of halogens is 1. The van der Waals surface area contributed by atoms with E-state index in [-0.39, 0.29) is 0 Å². The van der Waals surface area contributed by atoms with Crippen LogP contribution in [0, 0.1) is 5.92 Å². The molecule has 0 aliphatic rings. The summed E-state index contributed by atoms with van der Waals surface area (Å²) in [7, 11) is 0. The highest BCUT2D eigenvalue weighted by Gasteiger charge is 2.06. The minimum absolute atomic E-state index is 0.683. The zero-order valence-electron chi connectivity index (χ0n) is 9.87. The van der Waals surface area contributed by atoms with Crippen LogP contribution in [-0.2, 0) is 6.54 Å². The van der Waals surface area contributed by atoms with Crippen molar-refractivity contribution >= 4 is 38.6 Å². The molecular weight excluding hydrogens is 316 g/mol. The first kappa shape index (κ1) is 13.2. The van der Waals surface area contributed by atoms with E-state index in [4.69, 9.17) is 0 Å². The van der Waals surface area contributed by atoms with Gasteiger partial charge in [0.15, 0.2) is 0 Å². The van der Waals surface area contributed by atoms with Crippen LogP contribution < -0.4 is 5.32 Å². The highest BCUT2D eigenvalue weighted by molar-refractivity contribution is 9.10. The third-order valence-corrected chi connectivity index (χ3v) is 4.76. The molecule has 0 unspecified atom stereocenters. The lowest BCUT2D eigenvalue weighted by molar-refractivity contribution is 0.551. The number of hydrogen-bond donors (Lipinski definition) is 1. The van der Waals surface area contributed by atoms with Crippen molar-refractivity contribution in [3.05, 3.63) is 26.3 Å². The summed E-state index contributed by atoms with van der Waals surface area (Å²) in [5, 5.41) is 8.79. The SMILES string of the molecule is CC(C)CNCc1nc(-c2cc(Br)cs2)cs1. The molecule has 92 valence electrons. The van der Waals surface area contributed by atoms with E-state index in [2.05, 4.69) is 56.9 Å². The Morgan fingerprint density at radius 1 is 1.35 bits per heavy atom. The maximum atomic E-state index is 4.64. The molecule has 0 spiro atoms. The van der Waals surface area contributed by atoms with Gasteiger partial charge in [-0.05, 0) is 34.5 Å². The molecule has 17 heavy (non-hydrogen) atoms. The van der Waals surface area contributed by atoms with Gasteiger partial charge in [-0.3, -0.25) is 0 Å². The Morgan fingerprint density at radius 3 is 2.82 bits per heavy atom. The zero-order chi connectivity index (χ0) is 12.3. The molecule has 5 heteroatoms. The Kier molecular flexibility index (Phi) is 4.73. The Hall–Kier alpha value is -0.230. The number of hydrogen-bond acceptors (Lipinski definition) is 4. The Bertz CT molecular complexity index is 476. The average Bonchev–Trinajstić information content (AvgIpc) is 2.86. The molecule has 0 radical (unpaired) electrons. The molecule has 2 aromatic heterocycles. The van der Waals surface area contributed by atoms with Crippen LogP contribution in [0.15, 0.2) is 21.3 Å². The Morgan fingerprint density at radius 2 is 2.18 bits per heavy atom. The molecule has 0 fully saturated rings. The fourth-order valence-corrected chi connectivity index (χ4v) is 3.65. The largest absolute Gasteiger partial charge is 0.310 e. The topological polar surface area (TPSA) is 24.9 Å². The molecule has 0 atom stereocenters. The first-order valence-corrected chi connectivity index (χ1v) is 8.10. The quantitative estimate of drug-likeness (QED) is 0.879. The molecule has 0 saturated carbocycles. The maximum Gasteiger partial charge on any atom is 0.107 e. The van der Waals surface area contributed by atoms with Gasteiger partial charge in [0.2, 0.25) is 0 Å². The van der Waals surface area contributed by atoms with Crippen molar-refractivity contribution in [3.8, 4) is 10.6 Å². The van der Waals surface area contributed by atoms with Gasteiger partial charge >= 0.3 is 0 Å². The molecular formula is C12H15BrN2S2. The van der Waals surface area contributed by atoms with Crippen LogP contribution in [-0.4, -0.2) is 11.5 Å². The van der Waals surface area contributed by atoms with Crippen molar-refractivity contribution in [3.63, 3.8) is 0 Å². The molecule has 1 N–H and O–H groups in total. The minimum atomic E-state index is 0.683. The van der Waals surface area contributed by atoms with Gasteiger partial charge in [-0.1, -0.05) is 13.8 Å². The summed E-state index contributed by atoms with van der Waals surface area (Å²) in [4.78, 5) is 5.86. The second-order valence-electron chi connectivity index (χ2n) is 4.28. The lowest BCUT2D eigenvalue weighted by atomic mass is 10.2. The Labute approximate surface area is 118 Å². The summed E-state index contributed by atoms with van der Waals surface area (Å²) in [6.45, 7) is 6.34. The van der Waals surface area contributed by atoms with Crippen LogP contribution in [0.5, 0.6) is 0 Å². The standard InChI is InChI=1S/C12H15BrN2S2/c1-8(2)4-14-5-12-15-10(7-17-12)11-3-9(13)6-16-11/h3,6-8,14H,4-5H2,1-2H3. The molecule has 0 saturated heterocycles.